The molecule has 2 saturated heterocycles. The lowest BCUT2D eigenvalue weighted by molar-refractivity contribution is -0.144. The largest absolute Gasteiger partial charge is 0.379 e. The second kappa shape index (κ2) is 9.37. The number of ether oxygens (including phenoxy) is 1. The molecule has 1 aromatic heterocycles. The zero-order chi connectivity index (χ0) is 20.3. The average molecular weight is 422 g/mol. The lowest BCUT2D eigenvalue weighted by Gasteiger charge is -2.53. The Balaban J connectivity index is 1.41. The van der Waals surface area contributed by atoms with E-state index in [9.17, 15) is 4.79 Å². The maximum absolute atomic E-state index is 13.5. The van der Waals surface area contributed by atoms with E-state index in [0.29, 0.717) is 18.5 Å². The van der Waals surface area contributed by atoms with Gasteiger partial charge in [-0.15, -0.1) is 21.5 Å². The molecular weight excluding hydrogens is 386 g/mol. The van der Waals surface area contributed by atoms with Gasteiger partial charge in [-0.25, -0.2) is 0 Å². The van der Waals surface area contributed by atoms with Crippen LogP contribution in [0.5, 0.6) is 0 Å². The highest BCUT2D eigenvalue weighted by Gasteiger charge is 2.52. The van der Waals surface area contributed by atoms with Crippen LogP contribution in [-0.2, 0) is 16.0 Å². The number of fused-ring (bicyclic) bond motifs is 1. The minimum atomic E-state index is -0.228. The first-order valence-electron chi connectivity index (χ1n) is 11.2. The summed E-state index contributed by atoms with van der Waals surface area (Å²) in [5.41, 5.74) is -0.228. The fourth-order valence-electron chi connectivity index (χ4n) is 5.53. The third-order valence-electron chi connectivity index (χ3n) is 7.22. The predicted molar refractivity (Wildman–Crippen MR) is 114 cm³/mol. The molecule has 0 aromatic carbocycles. The zero-order valence-electron chi connectivity index (χ0n) is 17.9. The number of nitrogens with zero attached hydrogens (tertiary/aromatic N) is 4. The standard InChI is InChI=1S/C21H35N5O2S/c1-3-25-9-6-17-14-18(26-10-12-28-13-11-26)4-7-21(17,15-25)20(27)22-8-5-19-24-23-16(2)29-19/h17-18H,3-15H2,1-2H3,(H,22,27)/t17-,18+,21-/m1/s1. The van der Waals surface area contributed by atoms with Crippen molar-refractivity contribution in [2.24, 2.45) is 11.3 Å². The fraction of sp³-hybridized carbons (Fsp3) is 0.857. The van der Waals surface area contributed by atoms with E-state index in [0.717, 1.165) is 88.1 Å². The predicted octanol–water partition coefficient (Wildman–Crippen LogP) is 1.72. The van der Waals surface area contributed by atoms with Gasteiger partial charge in [0.25, 0.3) is 0 Å². The summed E-state index contributed by atoms with van der Waals surface area (Å²) in [4.78, 5) is 18.6. The molecule has 1 saturated carbocycles. The molecule has 1 aromatic rings. The van der Waals surface area contributed by atoms with E-state index in [1.54, 1.807) is 11.3 Å². The summed E-state index contributed by atoms with van der Waals surface area (Å²) in [6.45, 7) is 11.7. The van der Waals surface area contributed by atoms with Crippen LogP contribution in [0.15, 0.2) is 0 Å². The van der Waals surface area contributed by atoms with E-state index in [4.69, 9.17) is 4.74 Å². The van der Waals surface area contributed by atoms with Crippen molar-refractivity contribution in [2.45, 2.75) is 52.0 Å². The molecule has 162 valence electrons. The smallest absolute Gasteiger partial charge is 0.227 e. The van der Waals surface area contributed by atoms with Gasteiger partial charge in [0.2, 0.25) is 5.91 Å². The Hall–Kier alpha value is -1.09. The van der Waals surface area contributed by atoms with Crippen LogP contribution in [0.4, 0.5) is 0 Å². The molecule has 1 N–H and O–H groups in total. The Morgan fingerprint density at radius 3 is 2.83 bits per heavy atom. The Morgan fingerprint density at radius 2 is 2.10 bits per heavy atom. The summed E-state index contributed by atoms with van der Waals surface area (Å²) < 4.78 is 5.54. The number of rotatable bonds is 6. The molecule has 0 spiro atoms. The van der Waals surface area contributed by atoms with Gasteiger partial charge in [-0.1, -0.05) is 6.92 Å². The Kier molecular flexibility index (Phi) is 6.83. The summed E-state index contributed by atoms with van der Waals surface area (Å²) in [5.74, 6) is 0.748. The molecule has 0 radical (unpaired) electrons. The first kappa shape index (κ1) is 21.2. The third kappa shape index (κ3) is 4.65. The molecule has 7 nitrogen and oxygen atoms in total. The van der Waals surface area contributed by atoms with E-state index in [1.807, 2.05) is 6.92 Å². The number of nitrogens with one attached hydrogen (secondary N) is 1. The monoisotopic (exact) mass is 421 g/mol. The number of amides is 1. The number of hydrogen-bond acceptors (Lipinski definition) is 7. The highest BCUT2D eigenvalue weighted by molar-refractivity contribution is 7.11. The van der Waals surface area contributed by atoms with E-state index in [1.165, 1.54) is 0 Å². The summed E-state index contributed by atoms with van der Waals surface area (Å²) in [7, 11) is 0. The minimum absolute atomic E-state index is 0.228. The van der Waals surface area contributed by atoms with Crippen LogP contribution in [0.1, 0.15) is 42.6 Å². The molecule has 2 aliphatic heterocycles. The molecule has 8 heteroatoms. The zero-order valence-corrected chi connectivity index (χ0v) is 18.7. The number of hydrogen-bond donors (Lipinski definition) is 1. The summed E-state index contributed by atoms with van der Waals surface area (Å²) in [6.07, 6.45) is 5.18. The van der Waals surface area contributed by atoms with Crippen molar-refractivity contribution in [2.75, 3.05) is 52.5 Å². The SMILES string of the molecule is CCN1CC[C@@H]2C[C@@H](N3CCOCC3)CC[C@@]2(C(=O)NCCc2nnc(C)s2)C1. The number of likely N-dealkylation sites (tertiary alicyclic amines) is 1. The number of carbonyl (C=O) groups is 1. The Bertz CT molecular complexity index is 692. The van der Waals surface area contributed by atoms with Crippen LogP contribution >= 0.6 is 11.3 Å². The van der Waals surface area contributed by atoms with Crippen molar-refractivity contribution in [3.63, 3.8) is 0 Å². The molecule has 1 amide bonds. The first-order chi connectivity index (χ1) is 14.1. The molecule has 29 heavy (non-hydrogen) atoms. The molecule has 4 rings (SSSR count). The molecule has 0 bridgehead atoms. The third-order valence-corrected chi connectivity index (χ3v) is 8.11. The van der Waals surface area contributed by atoms with Crippen molar-refractivity contribution in [1.82, 2.24) is 25.3 Å². The highest BCUT2D eigenvalue weighted by Crippen LogP contribution is 2.47. The number of carbonyl (C=O) groups excluding carboxylic acids is 1. The van der Waals surface area contributed by atoms with Gasteiger partial charge in [-0.05, 0) is 51.6 Å². The second-order valence-electron chi connectivity index (χ2n) is 8.81. The molecule has 0 unspecified atom stereocenters. The Morgan fingerprint density at radius 1 is 1.28 bits per heavy atom. The summed E-state index contributed by atoms with van der Waals surface area (Å²) >= 11 is 1.62. The molecule has 3 heterocycles. The lowest BCUT2D eigenvalue weighted by Crippen LogP contribution is -2.61. The van der Waals surface area contributed by atoms with Gasteiger partial charge < -0.3 is 15.0 Å². The highest BCUT2D eigenvalue weighted by atomic mass is 32.1. The lowest BCUT2D eigenvalue weighted by atomic mass is 9.61. The van der Waals surface area contributed by atoms with Gasteiger partial charge in [-0.2, -0.15) is 0 Å². The van der Waals surface area contributed by atoms with E-state index < -0.39 is 0 Å². The fourth-order valence-corrected chi connectivity index (χ4v) is 6.24. The van der Waals surface area contributed by atoms with Crippen molar-refractivity contribution < 1.29 is 9.53 Å². The first-order valence-corrected chi connectivity index (χ1v) is 12.0. The van der Waals surface area contributed by atoms with Crippen molar-refractivity contribution in [3.05, 3.63) is 10.0 Å². The topological polar surface area (TPSA) is 70.6 Å². The molecular formula is C21H35N5O2S. The normalized spacial score (nSPS) is 31.4. The van der Waals surface area contributed by atoms with Gasteiger partial charge in [-0.3, -0.25) is 9.69 Å². The molecule has 3 aliphatic rings. The maximum atomic E-state index is 13.5. The van der Waals surface area contributed by atoms with Crippen molar-refractivity contribution in [1.29, 1.82) is 0 Å². The Labute approximate surface area is 178 Å². The van der Waals surface area contributed by atoms with Crippen LogP contribution in [0, 0.1) is 18.3 Å². The van der Waals surface area contributed by atoms with Gasteiger partial charge in [0.05, 0.1) is 18.6 Å². The van der Waals surface area contributed by atoms with E-state index in [2.05, 4.69) is 32.2 Å². The van der Waals surface area contributed by atoms with Crippen LogP contribution in [0.25, 0.3) is 0 Å². The number of piperidine rings is 1. The van der Waals surface area contributed by atoms with Crippen LogP contribution in [0.3, 0.4) is 0 Å². The van der Waals surface area contributed by atoms with Gasteiger partial charge in [0, 0.05) is 38.6 Å². The van der Waals surface area contributed by atoms with Crippen molar-refractivity contribution >= 4 is 17.2 Å². The summed E-state index contributed by atoms with van der Waals surface area (Å²) in [5, 5.41) is 13.5. The number of aromatic nitrogens is 2. The number of morpholine rings is 1. The average Bonchev–Trinajstić information content (AvgIpc) is 3.18. The van der Waals surface area contributed by atoms with Crippen LogP contribution in [0.2, 0.25) is 0 Å². The van der Waals surface area contributed by atoms with Gasteiger partial charge >= 0.3 is 0 Å². The molecule has 1 aliphatic carbocycles. The maximum Gasteiger partial charge on any atom is 0.227 e. The van der Waals surface area contributed by atoms with Crippen LogP contribution in [-0.4, -0.2) is 84.4 Å². The van der Waals surface area contributed by atoms with E-state index >= 15 is 0 Å². The molecule has 3 fully saturated rings. The van der Waals surface area contributed by atoms with Crippen LogP contribution < -0.4 is 5.32 Å². The number of aryl methyl sites for hydroxylation is 1. The van der Waals surface area contributed by atoms with Crippen molar-refractivity contribution in [3.8, 4) is 0 Å². The summed E-state index contributed by atoms with van der Waals surface area (Å²) in [6, 6.07) is 0.613. The van der Waals surface area contributed by atoms with Gasteiger partial charge in [0.1, 0.15) is 10.0 Å². The molecule has 3 atom stereocenters. The van der Waals surface area contributed by atoms with Gasteiger partial charge in [0.15, 0.2) is 0 Å². The second-order valence-corrected chi connectivity index (χ2v) is 10.1. The van der Waals surface area contributed by atoms with E-state index in [-0.39, 0.29) is 11.3 Å². The quantitative estimate of drug-likeness (QED) is 0.754. The minimum Gasteiger partial charge on any atom is -0.379 e.